The van der Waals surface area contributed by atoms with Gasteiger partial charge in [-0.2, -0.15) is 5.26 Å². The van der Waals surface area contributed by atoms with Crippen LogP contribution in [0.3, 0.4) is 0 Å². The third-order valence-corrected chi connectivity index (χ3v) is 5.03. The summed E-state index contributed by atoms with van der Waals surface area (Å²) in [5, 5.41) is 18.2. The third kappa shape index (κ3) is 4.34. The minimum absolute atomic E-state index is 0.105. The van der Waals surface area contributed by atoms with Gasteiger partial charge in [0.1, 0.15) is 6.61 Å². The van der Waals surface area contributed by atoms with E-state index in [4.69, 9.17) is 10.4 Å². The molecule has 0 amide bonds. The first-order valence-corrected chi connectivity index (χ1v) is 8.02. The van der Waals surface area contributed by atoms with Gasteiger partial charge in [0.15, 0.2) is 5.25 Å². The molecule has 0 fully saturated rings. The van der Waals surface area contributed by atoms with E-state index >= 15 is 0 Å². The predicted molar refractivity (Wildman–Crippen MR) is 73.7 cm³/mol. The van der Waals surface area contributed by atoms with Crippen LogP contribution in [0, 0.1) is 23.2 Å². The number of aliphatic hydroxyl groups is 1. The van der Waals surface area contributed by atoms with Gasteiger partial charge >= 0.3 is 0 Å². The molecular formula is C12H14N2O3S2. The maximum Gasteiger partial charge on any atom is 0.228 e. The number of nitrogens with zero attached hydrogens (tertiary/aromatic N) is 1. The topological polar surface area (TPSA) is 90.2 Å². The largest absolute Gasteiger partial charge is 0.384 e. The zero-order chi connectivity index (χ0) is 14.3. The highest BCUT2D eigenvalue weighted by molar-refractivity contribution is 7.90. The van der Waals surface area contributed by atoms with Gasteiger partial charge in [-0.3, -0.25) is 0 Å². The number of rotatable bonds is 5. The van der Waals surface area contributed by atoms with Crippen molar-refractivity contribution in [3.05, 3.63) is 21.9 Å². The molecule has 0 bridgehead atoms. The van der Waals surface area contributed by atoms with Crippen molar-refractivity contribution in [2.75, 3.05) is 6.61 Å². The first-order valence-electron chi connectivity index (χ1n) is 5.59. The molecule has 0 aliphatic rings. The van der Waals surface area contributed by atoms with Gasteiger partial charge in [0, 0.05) is 17.0 Å². The number of hydrogen-bond acceptors (Lipinski definition) is 5. The Labute approximate surface area is 116 Å². The fraction of sp³-hybridized carbons (Fsp3) is 0.417. The van der Waals surface area contributed by atoms with E-state index in [2.05, 4.69) is 16.6 Å². The first kappa shape index (κ1) is 15.7. The lowest BCUT2D eigenvalue weighted by Gasteiger charge is -2.09. The maximum absolute atomic E-state index is 11.8. The van der Waals surface area contributed by atoms with Crippen LogP contribution in [0.5, 0.6) is 0 Å². The molecule has 1 aromatic rings. The highest BCUT2D eigenvalue weighted by atomic mass is 32.2. The van der Waals surface area contributed by atoms with Crippen molar-refractivity contribution in [3.8, 4) is 17.9 Å². The van der Waals surface area contributed by atoms with Crippen LogP contribution in [0.25, 0.3) is 0 Å². The summed E-state index contributed by atoms with van der Waals surface area (Å²) in [6, 6.07) is 3.53. The van der Waals surface area contributed by atoms with Crippen molar-refractivity contribution in [1.82, 2.24) is 4.72 Å². The predicted octanol–water partition coefficient (Wildman–Crippen LogP) is 0.813. The van der Waals surface area contributed by atoms with Crippen molar-refractivity contribution in [3.63, 3.8) is 0 Å². The lowest BCUT2D eigenvalue weighted by molar-refractivity contribution is 0.350. The van der Waals surface area contributed by atoms with Crippen LogP contribution in [0.1, 0.15) is 23.8 Å². The summed E-state index contributed by atoms with van der Waals surface area (Å²) in [5.74, 6) is 5.26. The van der Waals surface area contributed by atoms with Crippen molar-refractivity contribution >= 4 is 21.4 Å². The monoisotopic (exact) mass is 298 g/mol. The summed E-state index contributed by atoms with van der Waals surface area (Å²) in [6.45, 7) is 1.51. The van der Waals surface area contributed by atoms with Crippen LogP contribution < -0.4 is 4.72 Å². The minimum atomic E-state index is -3.64. The van der Waals surface area contributed by atoms with E-state index in [9.17, 15) is 8.42 Å². The quantitative estimate of drug-likeness (QED) is 0.787. The van der Waals surface area contributed by atoms with E-state index < -0.39 is 15.3 Å². The number of sulfonamides is 1. The molecular weight excluding hydrogens is 284 g/mol. The molecule has 2 N–H and O–H groups in total. The molecule has 1 atom stereocenters. The molecule has 0 saturated carbocycles. The summed E-state index contributed by atoms with van der Waals surface area (Å²) < 4.78 is 26.0. The van der Waals surface area contributed by atoms with Crippen LogP contribution in [-0.4, -0.2) is 25.4 Å². The van der Waals surface area contributed by atoms with Gasteiger partial charge in [0.2, 0.25) is 10.0 Å². The molecule has 102 valence electrons. The second-order valence-electron chi connectivity index (χ2n) is 3.61. The molecule has 19 heavy (non-hydrogen) atoms. The van der Waals surface area contributed by atoms with Crippen molar-refractivity contribution < 1.29 is 13.5 Å². The Balaban J connectivity index is 2.78. The Hall–Kier alpha value is -1.38. The average molecular weight is 298 g/mol. The summed E-state index contributed by atoms with van der Waals surface area (Å²) in [4.78, 5) is 0.761. The lowest BCUT2D eigenvalue weighted by Crippen LogP contribution is -2.32. The zero-order valence-corrected chi connectivity index (χ0v) is 12.0. The maximum atomic E-state index is 11.8. The van der Waals surface area contributed by atoms with Gasteiger partial charge in [-0.15, -0.1) is 11.3 Å². The molecule has 0 aromatic carbocycles. The Kier molecular flexibility index (Phi) is 6.00. The van der Waals surface area contributed by atoms with Gasteiger partial charge < -0.3 is 5.11 Å². The molecule has 7 heteroatoms. The summed E-state index contributed by atoms with van der Waals surface area (Å²) >= 11 is 1.37. The molecule has 1 unspecified atom stereocenters. The Morgan fingerprint density at radius 3 is 2.89 bits per heavy atom. The minimum Gasteiger partial charge on any atom is -0.384 e. The number of nitriles is 1. The molecule has 1 heterocycles. The van der Waals surface area contributed by atoms with Gasteiger partial charge in [0.05, 0.1) is 6.07 Å². The third-order valence-electron chi connectivity index (χ3n) is 2.37. The summed E-state index contributed by atoms with van der Waals surface area (Å²) in [5.41, 5.74) is 0.687. The van der Waals surface area contributed by atoms with E-state index in [0.717, 1.165) is 4.88 Å². The molecule has 0 aliphatic heterocycles. The zero-order valence-electron chi connectivity index (χ0n) is 10.4. The second-order valence-corrected chi connectivity index (χ2v) is 6.56. The van der Waals surface area contributed by atoms with Crippen molar-refractivity contribution in [2.24, 2.45) is 0 Å². The van der Waals surface area contributed by atoms with E-state index in [1.807, 2.05) is 0 Å². The smallest absolute Gasteiger partial charge is 0.228 e. The van der Waals surface area contributed by atoms with Gasteiger partial charge in [0.25, 0.3) is 0 Å². The number of thiophene rings is 1. The molecule has 1 aromatic heterocycles. The second kappa shape index (κ2) is 7.27. The van der Waals surface area contributed by atoms with E-state index in [1.165, 1.54) is 11.3 Å². The summed E-state index contributed by atoms with van der Waals surface area (Å²) in [7, 11) is -3.64. The van der Waals surface area contributed by atoms with E-state index in [0.29, 0.717) is 5.56 Å². The first-order chi connectivity index (χ1) is 9.05. The fourth-order valence-corrected chi connectivity index (χ4v) is 3.36. The fourth-order valence-electron chi connectivity index (χ4n) is 1.37. The normalized spacial score (nSPS) is 12.3. The standard InChI is InChI=1S/C12H14N2O3S2/c1-2-11(8-13)19(16,17)14-9-12-10(4-3-6-15)5-7-18-12/h5,7,11,14-15H,2,6,9H2,1H3. The van der Waals surface area contributed by atoms with Crippen LogP contribution in [0.2, 0.25) is 0 Å². The van der Waals surface area contributed by atoms with E-state index in [1.54, 1.807) is 24.4 Å². The van der Waals surface area contributed by atoms with Gasteiger partial charge in [-0.25, -0.2) is 13.1 Å². The molecule has 0 spiro atoms. The number of hydrogen-bond donors (Lipinski definition) is 2. The highest BCUT2D eigenvalue weighted by Gasteiger charge is 2.23. The Morgan fingerprint density at radius 1 is 1.58 bits per heavy atom. The SMILES string of the molecule is CCC(C#N)S(=O)(=O)NCc1sccc1C#CCO. The average Bonchev–Trinajstić information content (AvgIpc) is 2.82. The van der Waals surface area contributed by atoms with Crippen LogP contribution in [0.15, 0.2) is 11.4 Å². The van der Waals surface area contributed by atoms with Gasteiger partial charge in [-0.05, 0) is 17.9 Å². The molecule has 0 saturated heterocycles. The van der Waals surface area contributed by atoms with Crippen LogP contribution >= 0.6 is 11.3 Å². The van der Waals surface area contributed by atoms with Crippen LogP contribution in [-0.2, 0) is 16.6 Å². The molecule has 1 rings (SSSR count). The molecule has 5 nitrogen and oxygen atoms in total. The lowest BCUT2D eigenvalue weighted by atomic mass is 10.2. The number of aliphatic hydroxyl groups excluding tert-OH is 1. The molecule has 0 radical (unpaired) electrons. The van der Waals surface area contributed by atoms with Gasteiger partial charge in [-0.1, -0.05) is 18.8 Å². The number of nitrogens with one attached hydrogen (secondary N) is 1. The van der Waals surface area contributed by atoms with Crippen molar-refractivity contribution in [2.45, 2.75) is 25.1 Å². The van der Waals surface area contributed by atoms with Crippen molar-refractivity contribution in [1.29, 1.82) is 5.26 Å². The Morgan fingerprint density at radius 2 is 2.32 bits per heavy atom. The summed E-state index contributed by atoms with van der Waals surface area (Å²) in [6.07, 6.45) is 0.244. The molecule has 0 aliphatic carbocycles. The highest BCUT2D eigenvalue weighted by Crippen LogP contribution is 2.16. The van der Waals surface area contributed by atoms with E-state index in [-0.39, 0.29) is 19.6 Å². The van der Waals surface area contributed by atoms with Crippen LogP contribution in [0.4, 0.5) is 0 Å². The Bertz CT molecular complexity index is 617.